The number of benzene rings is 1. The van der Waals surface area contributed by atoms with E-state index in [2.05, 4.69) is 33.9 Å². The molecule has 124 valence electrons. The number of thiophene rings is 1. The van der Waals surface area contributed by atoms with Gasteiger partial charge in [-0.3, -0.25) is 9.89 Å². The molecule has 0 spiro atoms. The van der Waals surface area contributed by atoms with Crippen LogP contribution in [-0.4, -0.2) is 29.8 Å². The summed E-state index contributed by atoms with van der Waals surface area (Å²) < 4.78 is 5.14. The van der Waals surface area contributed by atoms with Gasteiger partial charge in [0.2, 0.25) is 0 Å². The second-order valence-electron chi connectivity index (χ2n) is 5.43. The van der Waals surface area contributed by atoms with Gasteiger partial charge in [-0.05, 0) is 60.7 Å². The van der Waals surface area contributed by atoms with Crippen LogP contribution in [0.25, 0.3) is 11.3 Å². The zero-order valence-electron chi connectivity index (χ0n) is 13.6. The predicted molar refractivity (Wildman–Crippen MR) is 95.7 cm³/mol. The Balaban J connectivity index is 1.59. The smallest absolute Gasteiger partial charge is 0.269 e. The molecule has 0 radical (unpaired) electrons. The van der Waals surface area contributed by atoms with Crippen LogP contribution in [0, 0.1) is 6.92 Å². The quantitative estimate of drug-likeness (QED) is 0.722. The first-order chi connectivity index (χ1) is 11.7. The molecular formula is C18H19N3O2S. The minimum absolute atomic E-state index is 0.142. The van der Waals surface area contributed by atoms with Gasteiger partial charge in [0, 0.05) is 17.0 Å². The summed E-state index contributed by atoms with van der Waals surface area (Å²) in [4.78, 5) is 13.5. The van der Waals surface area contributed by atoms with Crippen molar-refractivity contribution in [2.75, 3.05) is 13.7 Å². The summed E-state index contributed by atoms with van der Waals surface area (Å²) in [6.45, 7) is 2.70. The van der Waals surface area contributed by atoms with Gasteiger partial charge in [-0.15, -0.1) is 11.3 Å². The van der Waals surface area contributed by atoms with Crippen LogP contribution in [0.2, 0.25) is 0 Å². The van der Waals surface area contributed by atoms with Crippen LogP contribution in [0.5, 0.6) is 5.75 Å². The van der Waals surface area contributed by atoms with Gasteiger partial charge in [0.1, 0.15) is 11.4 Å². The molecular weight excluding hydrogens is 322 g/mol. The van der Waals surface area contributed by atoms with Crippen LogP contribution in [0.3, 0.4) is 0 Å². The van der Waals surface area contributed by atoms with Crippen LogP contribution in [0.15, 0.2) is 41.8 Å². The molecule has 3 rings (SSSR count). The van der Waals surface area contributed by atoms with E-state index in [1.165, 1.54) is 10.4 Å². The van der Waals surface area contributed by atoms with Crippen LogP contribution < -0.4 is 10.1 Å². The Hall–Kier alpha value is -2.60. The average molecular weight is 341 g/mol. The van der Waals surface area contributed by atoms with Gasteiger partial charge < -0.3 is 10.1 Å². The fourth-order valence-electron chi connectivity index (χ4n) is 2.39. The van der Waals surface area contributed by atoms with Crippen LogP contribution in [0.4, 0.5) is 0 Å². The Labute approximate surface area is 144 Å². The molecule has 6 heteroatoms. The Morgan fingerprint density at radius 3 is 2.75 bits per heavy atom. The predicted octanol–water partition coefficient (Wildman–Crippen LogP) is 3.43. The molecule has 0 aliphatic carbocycles. The maximum Gasteiger partial charge on any atom is 0.269 e. The molecule has 0 atom stereocenters. The zero-order chi connectivity index (χ0) is 16.9. The number of aromatic amines is 1. The van der Waals surface area contributed by atoms with Gasteiger partial charge in [0.25, 0.3) is 5.91 Å². The fraction of sp³-hybridized carbons (Fsp3) is 0.222. The molecule has 0 bridgehead atoms. The fourth-order valence-corrected chi connectivity index (χ4v) is 3.30. The van der Waals surface area contributed by atoms with Crippen molar-refractivity contribution < 1.29 is 9.53 Å². The highest BCUT2D eigenvalue weighted by atomic mass is 32.1. The van der Waals surface area contributed by atoms with Crippen molar-refractivity contribution in [1.29, 1.82) is 0 Å². The van der Waals surface area contributed by atoms with E-state index in [0.29, 0.717) is 12.2 Å². The number of hydrogen-bond donors (Lipinski definition) is 2. The Kier molecular flexibility index (Phi) is 4.96. The van der Waals surface area contributed by atoms with E-state index in [9.17, 15) is 4.79 Å². The number of methoxy groups -OCH3 is 1. The third-order valence-electron chi connectivity index (χ3n) is 3.81. The summed E-state index contributed by atoms with van der Waals surface area (Å²) >= 11 is 1.72. The number of rotatable bonds is 6. The van der Waals surface area contributed by atoms with E-state index in [4.69, 9.17) is 4.74 Å². The van der Waals surface area contributed by atoms with E-state index < -0.39 is 0 Å². The van der Waals surface area contributed by atoms with Crippen molar-refractivity contribution in [1.82, 2.24) is 15.5 Å². The van der Waals surface area contributed by atoms with Crippen LogP contribution in [-0.2, 0) is 6.42 Å². The molecule has 0 saturated heterocycles. The standard InChI is InChI=1S/C18H19N3O2S/c1-12-8-10-24-17(12)7-9-19-18(22)16-11-15(20-21-16)13-3-5-14(23-2)6-4-13/h3-6,8,10-11H,7,9H2,1-2H3,(H,19,22)(H,20,21). The lowest BCUT2D eigenvalue weighted by molar-refractivity contribution is 0.0949. The number of H-pyrrole nitrogens is 1. The van der Waals surface area contributed by atoms with Crippen molar-refractivity contribution in [3.05, 3.63) is 57.9 Å². The second-order valence-corrected chi connectivity index (χ2v) is 6.43. The van der Waals surface area contributed by atoms with Crippen LogP contribution >= 0.6 is 11.3 Å². The SMILES string of the molecule is COc1ccc(-c2cc(C(=O)NCCc3sccc3C)[nH]n2)cc1. The maximum absolute atomic E-state index is 12.2. The third-order valence-corrected chi connectivity index (χ3v) is 4.90. The van der Waals surface area contributed by atoms with Crippen molar-refractivity contribution in [3.63, 3.8) is 0 Å². The molecule has 2 aromatic heterocycles. The van der Waals surface area contributed by atoms with Gasteiger partial charge in [-0.25, -0.2) is 0 Å². The number of carbonyl (C=O) groups is 1. The summed E-state index contributed by atoms with van der Waals surface area (Å²) in [6, 6.07) is 11.4. The highest BCUT2D eigenvalue weighted by molar-refractivity contribution is 7.10. The zero-order valence-corrected chi connectivity index (χ0v) is 14.4. The van der Waals surface area contributed by atoms with Gasteiger partial charge in [0.15, 0.2) is 0 Å². The summed E-state index contributed by atoms with van der Waals surface area (Å²) in [5.74, 6) is 0.646. The number of ether oxygens (including phenoxy) is 1. The number of aromatic nitrogens is 2. The minimum atomic E-state index is -0.142. The highest BCUT2D eigenvalue weighted by Gasteiger charge is 2.11. The van der Waals surface area contributed by atoms with E-state index in [0.717, 1.165) is 23.4 Å². The summed E-state index contributed by atoms with van der Waals surface area (Å²) in [5.41, 5.74) is 3.40. The van der Waals surface area contributed by atoms with Crippen molar-refractivity contribution in [2.45, 2.75) is 13.3 Å². The lowest BCUT2D eigenvalue weighted by Crippen LogP contribution is -2.25. The first-order valence-corrected chi connectivity index (χ1v) is 8.56. The maximum atomic E-state index is 12.2. The minimum Gasteiger partial charge on any atom is -0.497 e. The largest absolute Gasteiger partial charge is 0.497 e. The molecule has 0 saturated carbocycles. The van der Waals surface area contributed by atoms with Crippen molar-refractivity contribution in [3.8, 4) is 17.0 Å². The molecule has 0 aliphatic rings. The average Bonchev–Trinajstić information content (AvgIpc) is 3.25. The monoisotopic (exact) mass is 341 g/mol. The molecule has 2 heterocycles. The Morgan fingerprint density at radius 1 is 1.29 bits per heavy atom. The molecule has 1 amide bonds. The molecule has 1 aromatic carbocycles. The molecule has 0 unspecified atom stereocenters. The first-order valence-electron chi connectivity index (χ1n) is 7.68. The Morgan fingerprint density at radius 2 is 2.08 bits per heavy atom. The number of nitrogens with zero attached hydrogens (tertiary/aromatic N) is 1. The number of carbonyl (C=O) groups excluding carboxylic acids is 1. The molecule has 5 nitrogen and oxygen atoms in total. The normalized spacial score (nSPS) is 10.6. The van der Waals surface area contributed by atoms with Crippen molar-refractivity contribution in [2.24, 2.45) is 0 Å². The number of nitrogens with one attached hydrogen (secondary N) is 2. The van der Waals surface area contributed by atoms with Gasteiger partial charge in [-0.1, -0.05) is 0 Å². The second kappa shape index (κ2) is 7.31. The van der Waals surface area contributed by atoms with Gasteiger partial charge in [0.05, 0.1) is 12.8 Å². The number of amides is 1. The highest BCUT2D eigenvalue weighted by Crippen LogP contribution is 2.21. The van der Waals surface area contributed by atoms with Crippen LogP contribution in [0.1, 0.15) is 20.9 Å². The van der Waals surface area contributed by atoms with E-state index in [1.54, 1.807) is 24.5 Å². The lowest BCUT2D eigenvalue weighted by atomic mass is 10.1. The van der Waals surface area contributed by atoms with E-state index >= 15 is 0 Å². The summed E-state index contributed by atoms with van der Waals surface area (Å²) in [5, 5.41) is 12.0. The summed E-state index contributed by atoms with van der Waals surface area (Å²) in [6.07, 6.45) is 0.842. The van der Waals surface area contributed by atoms with E-state index in [-0.39, 0.29) is 5.91 Å². The third kappa shape index (κ3) is 3.65. The topological polar surface area (TPSA) is 67.0 Å². The molecule has 24 heavy (non-hydrogen) atoms. The summed E-state index contributed by atoms with van der Waals surface area (Å²) in [7, 11) is 1.63. The molecule has 0 aliphatic heterocycles. The van der Waals surface area contributed by atoms with Gasteiger partial charge >= 0.3 is 0 Å². The van der Waals surface area contributed by atoms with E-state index in [1.807, 2.05) is 24.3 Å². The Bertz CT molecular complexity index is 821. The molecule has 0 fully saturated rings. The number of hydrogen-bond acceptors (Lipinski definition) is 4. The van der Waals surface area contributed by atoms with Crippen molar-refractivity contribution >= 4 is 17.2 Å². The first kappa shape index (κ1) is 16.3. The van der Waals surface area contributed by atoms with Gasteiger partial charge in [-0.2, -0.15) is 5.10 Å². The molecule has 2 N–H and O–H groups in total. The number of aryl methyl sites for hydroxylation is 1. The lowest BCUT2D eigenvalue weighted by Gasteiger charge is -2.03. The molecule has 3 aromatic rings.